The molecule has 0 radical (unpaired) electrons. The summed E-state index contributed by atoms with van der Waals surface area (Å²) in [4.78, 5) is 0. The highest BCUT2D eigenvalue weighted by atomic mass is 14.8. The zero-order valence-electron chi connectivity index (χ0n) is 10.0. The fourth-order valence-corrected chi connectivity index (χ4v) is 1.53. The van der Waals surface area contributed by atoms with Crippen LogP contribution in [0.3, 0.4) is 0 Å². The molecule has 0 aliphatic heterocycles. The van der Waals surface area contributed by atoms with E-state index in [2.05, 4.69) is 56.4 Å². The lowest BCUT2D eigenvalue weighted by atomic mass is 10.1. The molecular weight excluding hydrogens is 182 g/mol. The van der Waals surface area contributed by atoms with E-state index in [1.807, 2.05) is 0 Å². The van der Waals surface area contributed by atoms with Gasteiger partial charge < -0.3 is 5.32 Å². The first-order chi connectivity index (χ1) is 7.24. The van der Waals surface area contributed by atoms with E-state index in [4.69, 9.17) is 0 Å². The summed E-state index contributed by atoms with van der Waals surface area (Å²) < 4.78 is 0. The monoisotopic (exact) mass is 203 g/mol. The van der Waals surface area contributed by atoms with Crippen molar-refractivity contribution in [3.63, 3.8) is 0 Å². The van der Waals surface area contributed by atoms with Crippen LogP contribution in [0.4, 0.5) is 0 Å². The van der Waals surface area contributed by atoms with E-state index in [1.54, 1.807) is 0 Å². The molecule has 0 aliphatic rings. The molecular formula is C14H21N. The Kier molecular flexibility index (Phi) is 5.13. The molecule has 0 fully saturated rings. The molecule has 0 saturated carbocycles. The summed E-state index contributed by atoms with van der Waals surface area (Å²) in [5.74, 6) is 0. The summed E-state index contributed by atoms with van der Waals surface area (Å²) in [6.07, 6.45) is 3.45. The summed E-state index contributed by atoms with van der Waals surface area (Å²) >= 11 is 0. The third-order valence-electron chi connectivity index (χ3n) is 2.42. The fourth-order valence-electron chi connectivity index (χ4n) is 1.53. The molecule has 1 aromatic carbocycles. The molecule has 0 bridgehead atoms. The van der Waals surface area contributed by atoms with Crippen molar-refractivity contribution < 1.29 is 0 Å². The first kappa shape index (κ1) is 12.0. The van der Waals surface area contributed by atoms with Gasteiger partial charge in [-0.15, -0.1) is 0 Å². The van der Waals surface area contributed by atoms with Crippen LogP contribution in [0.1, 0.15) is 31.4 Å². The Labute approximate surface area is 93.2 Å². The topological polar surface area (TPSA) is 12.0 Å². The van der Waals surface area contributed by atoms with E-state index in [-0.39, 0.29) is 0 Å². The van der Waals surface area contributed by atoms with Crippen LogP contribution in [-0.2, 0) is 0 Å². The maximum absolute atomic E-state index is 3.41. The average molecular weight is 203 g/mol. The van der Waals surface area contributed by atoms with E-state index < -0.39 is 0 Å². The second kappa shape index (κ2) is 6.41. The molecule has 0 unspecified atom stereocenters. The zero-order valence-corrected chi connectivity index (χ0v) is 10.0. The molecule has 1 heteroatoms. The lowest BCUT2D eigenvalue weighted by Crippen LogP contribution is -2.16. The highest BCUT2D eigenvalue weighted by Gasteiger charge is 1.94. The molecule has 0 heterocycles. The van der Waals surface area contributed by atoms with E-state index >= 15 is 0 Å². The highest BCUT2D eigenvalue weighted by molar-refractivity contribution is 5.56. The lowest BCUT2D eigenvalue weighted by Gasteiger charge is -2.05. The molecule has 0 spiro atoms. The minimum atomic E-state index is 0.988. The lowest BCUT2D eigenvalue weighted by molar-refractivity contribution is 0.715. The minimum absolute atomic E-state index is 0.988. The molecule has 0 saturated heterocycles. The third-order valence-corrected chi connectivity index (χ3v) is 2.42. The van der Waals surface area contributed by atoms with Gasteiger partial charge in [0.05, 0.1) is 0 Å². The second-order valence-corrected chi connectivity index (χ2v) is 4.02. The van der Waals surface area contributed by atoms with Crippen molar-refractivity contribution in [3.8, 4) is 0 Å². The Morgan fingerprint density at radius 1 is 1.33 bits per heavy atom. The predicted octanol–water partition coefficient (Wildman–Crippen LogP) is 3.40. The quantitative estimate of drug-likeness (QED) is 0.723. The molecule has 0 amide bonds. The van der Waals surface area contributed by atoms with E-state index in [0.717, 1.165) is 13.1 Å². The predicted molar refractivity (Wildman–Crippen MR) is 68.0 cm³/mol. The van der Waals surface area contributed by atoms with E-state index in [1.165, 1.54) is 23.1 Å². The van der Waals surface area contributed by atoms with Crippen molar-refractivity contribution in [1.82, 2.24) is 5.32 Å². The maximum Gasteiger partial charge on any atom is 0.0165 e. The normalized spacial score (nSPS) is 11.8. The zero-order chi connectivity index (χ0) is 11.1. The van der Waals surface area contributed by atoms with Crippen molar-refractivity contribution in [3.05, 3.63) is 41.0 Å². The number of aryl methyl sites for hydroxylation is 1. The van der Waals surface area contributed by atoms with Crippen LogP contribution in [0.25, 0.3) is 6.08 Å². The van der Waals surface area contributed by atoms with Crippen LogP contribution in [0.2, 0.25) is 0 Å². The van der Waals surface area contributed by atoms with Gasteiger partial charge in [-0.1, -0.05) is 42.8 Å². The first-order valence-corrected chi connectivity index (χ1v) is 5.67. The summed E-state index contributed by atoms with van der Waals surface area (Å²) in [5, 5.41) is 3.41. The molecule has 1 aromatic rings. The van der Waals surface area contributed by atoms with E-state index in [0.29, 0.717) is 0 Å². The van der Waals surface area contributed by atoms with Crippen LogP contribution in [0.5, 0.6) is 0 Å². The smallest absolute Gasteiger partial charge is 0.0165 e. The average Bonchev–Trinajstić information content (AvgIpc) is 2.22. The van der Waals surface area contributed by atoms with E-state index in [9.17, 15) is 0 Å². The molecule has 0 atom stereocenters. The molecule has 1 nitrogen and oxygen atoms in total. The van der Waals surface area contributed by atoms with Crippen molar-refractivity contribution in [2.45, 2.75) is 27.2 Å². The van der Waals surface area contributed by atoms with Gasteiger partial charge in [0.25, 0.3) is 0 Å². The van der Waals surface area contributed by atoms with Gasteiger partial charge in [-0.3, -0.25) is 0 Å². The Bertz CT molecular complexity index is 326. The molecule has 15 heavy (non-hydrogen) atoms. The van der Waals surface area contributed by atoms with Gasteiger partial charge in [-0.05, 0) is 37.9 Å². The summed E-state index contributed by atoms with van der Waals surface area (Å²) in [6.45, 7) is 8.60. The minimum Gasteiger partial charge on any atom is -0.313 e. The van der Waals surface area contributed by atoms with Crippen LogP contribution in [0.15, 0.2) is 29.8 Å². The Balaban J connectivity index is 2.58. The number of hydrogen-bond donors (Lipinski definition) is 1. The van der Waals surface area contributed by atoms with Crippen molar-refractivity contribution in [2.24, 2.45) is 0 Å². The molecule has 0 aromatic heterocycles. The van der Waals surface area contributed by atoms with Crippen molar-refractivity contribution in [1.29, 1.82) is 0 Å². The van der Waals surface area contributed by atoms with Crippen LogP contribution < -0.4 is 5.32 Å². The molecule has 1 rings (SSSR count). The first-order valence-electron chi connectivity index (χ1n) is 5.67. The SMILES string of the molecule is CCCNCC(C)=Cc1ccccc1C. The molecule has 82 valence electrons. The second-order valence-electron chi connectivity index (χ2n) is 4.02. The van der Waals surface area contributed by atoms with Crippen LogP contribution in [-0.4, -0.2) is 13.1 Å². The van der Waals surface area contributed by atoms with Gasteiger partial charge >= 0.3 is 0 Å². The van der Waals surface area contributed by atoms with Gasteiger partial charge in [0.2, 0.25) is 0 Å². The van der Waals surface area contributed by atoms with Gasteiger partial charge in [0.15, 0.2) is 0 Å². The number of hydrogen-bond acceptors (Lipinski definition) is 1. The number of benzene rings is 1. The van der Waals surface area contributed by atoms with Crippen molar-refractivity contribution >= 4 is 6.08 Å². The van der Waals surface area contributed by atoms with Gasteiger partial charge in [-0.2, -0.15) is 0 Å². The Morgan fingerprint density at radius 2 is 2.07 bits per heavy atom. The summed E-state index contributed by atoms with van der Waals surface area (Å²) in [7, 11) is 0. The van der Waals surface area contributed by atoms with Crippen molar-refractivity contribution in [2.75, 3.05) is 13.1 Å². The number of rotatable bonds is 5. The van der Waals surface area contributed by atoms with Crippen LogP contribution in [0, 0.1) is 6.92 Å². The summed E-state index contributed by atoms with van der Waals surface area (Å²) in [5.41, 5.74) is 4.05. The third kappa shape index (κ3) is 4.30. The summed E-state index contributed by atoms with van der Waals surface area (Å²) in [6, 6.07) is 8.49. The van der Waals surface area contributed by atoms with Gasteiger partial charge in [-0.25, -0.2) is 0 Å². The van der Waals surface area contributed by atoms with Crippen LogP contribution >= 0.6 is 0 Å². The fraction of sp³-hybridized carbons (Fsp3) is 0.429. The maximum atomic E-state index is 3.41. The molecule has 0 aliphatic carbocycles. The largest absolute Gasteiger partial charge is 0.313 e. The highest BCUT2D eigenvalue weighted by Crippen LogP contribution is 2.11. The standard InChI is InChI=1S/C14H21N/c1-4-9-15-11-12(2)10-14-8-6-5-7-13(14)3/h5-8,10,15H,4,9,11H2,1-3H3. The Morgan fingerprint density at radius 3 is 2.73 bits per heavy atom. The van der Waals surface area contributed by atoms with Gasteiger partial charge in [0.1, 0.15) is 0 Å². The molecule has 1 N–H and O–H groups in total. The van der Waals surface area contributed by atoms with Gasteiger partial charge in [0, 0.05) is 6.54 Å². The Hall–Kier alpha value is -1.08. The number of nitrogens with one attached hydrogen (secondary N) is 1.